The van der Waals surface area contributed by atoms with Gasteiger partial charge >= 0.3 is 22.3 Å². The summed E-state index contributed by atoms with van der Waals surface area (Å²) in [5.41, 5.74) is 4.34. The smallest absolute Gasteiger partial charge is 0.394 e. The van der Waals surface area contributed by atoms with E-state index >= 15 is 0 Å². The Labute approximate surface area is 490 Å². The number of nitrogens with one attached hydrogen (secondary N) is 1. The summed E-state index contributed by atoms with van der Waals surface area (Å²) in [5.74, 6) is -0.166. The van der Waals surface area contributed by atoms with Crippen LogP contribution in [0.3, 0.4) is 0 Å². The van der Waals surface area contributed by atoms with Crippen LogP contribution in [0.25, 0.3) is 27.6 Å². The Bertz CT molecular complexity index is 4100. The Morgan fingerprint density at radius 2 is 1.11 bits per heavy atom. The van der Waals surface area contributed by atoms with E-state index in [-0.39, 0.29) is 32.3 Å². The first-order valence-corrected chi connectivity index (χ1v) is 27.2. The summed E-state index contributed by atoms with van der Waals surface area (Å²) in [5, 5.41) is 46.4. The van der Waals surface area contributed by atoms with E-state index in [1.54, 1.807) is 104 Å². The van der Waals surface area contributed by atoms with Crippen LogP contribution in [0.1, 0.15) is 72.2 Å². The summed E-state index contributed by atoms with van der Waals surface area (Å²) >= 11 is 2.89. The number of ether oxygens (including phenoxy) is 4. The zero-order chi connectivity index (χ0) is 61.9. The number of imide groups is 1. The minimum Gasteiger partial charge on any atom is -0.464 e. The maximum Gasteiger partial charge on any atom is 0.394 e. The highest BCUT2D eigenvalue weighted by molar-refractivity contribution is 9.09. The van der Waals surface area contributed by atoms with E-state index in [1.165, 1.54) is 0 Å². The van der Waals surface area contributed by atoms with Gasteiger partial charge in [-0.15, -0.1) is 0 Å². The molecule has 11 rings (SSSR count). The standard InChI is InChI=1S/C13H13N3O3.C11H9N3O3.C11H12N2O3.C9H7N3O.C8H6N2O.C2H2BrN.H2O4S/c1-2-18-13(17)11(19-8-6-14)12-15-9-10-5-3-4-7-16(10)12;15-8-6-17-9(11(16)13-8)10-12-5-7-3-1-2-4-14(7)10;1-2-16-11(15)9(14)10-12-7-8-5-3-4-6-13(8)10;10-5-8(13)9-11-6-7-3-1-2-4-12(7)9;11-6-8-9-5-7-3-1-2-4-10(7)8;3-1-2-4;1-5(2,3)4/h3-5,7,9,11H,2,8H2,1H3;1-5,9H,6H2,(H,13,15,16);3-7,9,14H,2H2,1H3;1-4,6,8,13H;1-6H;1H2;(H2,1,2,3,4). The number of aldehydes is 1. The van der Waals surface area contributed by atoms with Crippen molar-refractivity contribution in [2.24, 2.45) is 0 Å². The molecule has 10 aromatic heterocycles. The van der Waals surface area contributed by atoms with Gasteiger partial charge in [-0.1, -0.05) is 46.3 Å². The summed E-state index contributed by atoms with van der Waals surface area (Å²) in [4.78, 5) is 76.5. The zero-order valence-corrected chi connectivity index (χ0v) is 47.1. The summed E-state index contributed by atoms with van der Waals surface area (Å²) in [6, 6.07) is 33.3. The van der Waals surface area contributed by atoms with Crippen molar-refractivity contribution in [2.75, 3.05) is 31.8 Å². The van der Waals surface area contributed by atoms with Crippen molar-refractivity contribution in [3.8, 4) is 18.2 Å². The van der Waals surface area contributed by atoms with Gasteiger partial charge in [0, 0.05) is 31.0 Å². The average molecular weight is 1250 g/mol. The molecule has 1 aliphatic rings. The molecule has 11 heterocycles. The largest absolute Gasteiger partial charge is 0.464 e. The van der Waals surface area contributed by atoms with Crippen molar-refractivity contribution in [3.63, 3.8) is 0 Å². The molecule has 0 radical (unpaired) electrons. The van der Waals surface area contributed by atoms with E-state index in [0.717, 1.165) is 33.9 Å². The number of aliphatic hydroxyl groups excluding tert-OH is 2. The number of rotatable bonds is 11. The Morgan fingerprint density at radius 1 is 0.682 bits per heavy atom. The molecule has 0 aromatic carbocycles. The molecule has 10 aromatic rings. The predicted octanol–water partition coefficient (Wildman–Crippen LogP) is 4.75. The lowest BCUT2D eigenvalue weighted by molar-refractivity contribution is -0.157. The number of aliphatic hydroxyl groups is 2. The molecule has 0 bridgehead atoms. The van der Waals surface area contributed by atoms with Gasteiger partial charge in [-0.3, -0.25) is 33.2 Å². The second kappa shape index (κ2) is 33.1. The predicted molar refractivity (Wildman–Crippen MR) is 300 cm³/mol. The van der Waals surface area contributed by atoms with Crippen LogP contribution in [0.4, 0.5) is 0 Å². The van der Waals surface area contributed by atoms with E-state index in [2.05, 4.69) is 46.2 Å². The SMILES string of the molecule is CCOC(=O)C(O)c1ncc2ccccn12.CCOC(=O)C(OCC#N)c1ncc2ccccn12.N#CC(O)c1ncc2ccccn12.N#CCBr.O=C1COC(c2ncc3ccccn23)C(=O)N1.O=Cc1ncc2ccccn12.O=S(=O)(O)O. The van der Waals surface area contributed by atoms with Crippen molar-refractivity contribution in [3.05, 3.63) is 182 Å². The molecule has 4 unspecified atom stereocenters. The highest BCUT2D eigenvalue weighted by Gasteiger charge is 2.32. The second-order valence-corrected chi connectivity index (χ2v) is 17.8. The fourth-order valence-electron chi connectivity index (χ4n) is 7.34. The van der Waals surface area contributed by atoms with Crippen LogP contribution in [0, 0.1) is 34.0 Å². The summed E-state index contributed by atoms with van der Waals surface area (Å²) in [6.45, 7) is 3.55. The Balaban J connectivity index is 0.000000189. The average Bonchev–Trinajstić information content (AvgIpc) is 4.00. The molecule has 440 valence electrons. The van der Waals surface area contributed by atoms with Gasteiger partial charge in [0.1, 0.15) is 19.3 Å². The van der Waals surface area contributed by atoms with Crippen LogP contribution in [-0.2, 0) is 48.5 Å². The number of esters is 2. The van der Waals surface area contributed by atoms with Gasteiger partial charge in [0.25, 0.3) is 11.8 Å². The molecule has 85 heavy (non-hydrogen) atoms. The Hall–Kier alpha value is -10.1. The summed E-state index contributed by atoms with van der Waals surface area (Å²) < 4.78 is 60.3. The first-order chi connectivity index (χ1) is 40.9. The number of morpholine rings is 1. The molecule has 31 heteroatoms. The van der Waals surface area contributed by atoms with Crippen molar-refractivity contribution in [2.45, 2.75) is 38.3 Å². The van der Waals surface area contributed by atoms with Crippen LogP contribution in [0.15, 0.2) is 153 Å². The van der Waals surface area contributed by atoms with E-state index in [1.807, 2.05) is 103 Å². The third kappa shape index (κ3) is 19.0. The number of nitriles is 3. The second-order valence-electron chi connectivity index (χ2n) is 16.3. The van der Waals surface area contributed by atoms with Gasteiger partial charge in [0.05, 0.1) is 89.3 Å². The van der Waals surface area contributed by atoms with Crippen LogP contribution in [0.5, 0.6) is 0 Å². The number of aromatic nitrogens is 10. The molecule has 1 aliphatic heterocycles. The molecule has 1 saturated heterocycles. The molecule has 0 spiro atoms. The van der Waals surface area contributed by atoms with Crippen LogP contribution < -0.4 is 5.32 Å². The highest BCUT2D eigenvalue weighted by Crippen LogP contribution is 2.22. The number of halogens is 1. The normalized spacial score (nSPS) is 13.3. The number of amides is 2. The van der Waals surface area contributed by atoms with E-state index < -0.39 is 58.6 Å². The fourth-order valence-corrected chi connectivity index (χ4v) is 7.34. The van der Waals surface area contributed by atoms with Gasteiger partial charge < -0.3 is 46.8 Å². The summed E-state index contributed by atoms with van der Waals surface area (Å²) in [7, 11) is -4.67. The van der Waals surface area contributed by atoms with Gasteiger partial charge in [0.15, 0.2) is 47.6 Å². The lowest BCUT2D eigenvalue weighted by Crippen LogP contribution is -2.44. The lowest BCUT2D eigenvalue weighted by Gasteiger charge is -2.20. The molecule has 2 amide bonds. The van der Waals surface area contributed by atoms with Crippen LogP contribution >= 0.6 is 15.9 Å². The van der Waals surface area contributed by atoms with Gasteiger partial charge in [-0.05, 0) is 74.5 Å². The third-order valence-electron chi connectivity index (χ3n) is 10.8. The zero-order valence-electron chi connectivity index (χ0n) is 44.7. The minimum atomic E-state index is -4.67. The maximum atomic E-state index is 11.9. The van der Waals surface area contributed by atoms with Crippen molar-refractivity contribution >= 4 is 84.0 Å². The number of imidazole rings is 5. The Kier molecular flexibility index (Phi) is 25.6. The maximum absolute atomic E-state index is 11.9. The van der Waals surface area contributed by atoms with E-state index in [4.69, 9.17) is 52.3 Å². The molecule has 1 fully saturated rings. The number of nitrogens with zero attached hydrogens (tertiary/aromatic N) is 13. The van der Waals surface area contributed by atoms with E-state index in [0.29, 0.717) is 28.6 Å². The fraction of sp³-hybridized carbons (Fsp3) is 0.204. The molecule has 4 atom stereocenters. The number of hydrogen-bond donors (Lipinski definition) is 5. The number of carbonyl (C=O) groups excluding carboxylic acids is 5. The molecule has 29 nitrogen and oxygen atoms in total. The van der Waals surface area contributed by atoms with Gasteiger partial charge in [-0.25, -0.2) is 34.5 Å². The third-order valence-corrected chi connectivity index (χ3v) is 11.0. The topological polar surface area (TPSA) is 407 Å². The van der Waals surface area contributed by atoms with Gasteiger partial charge in [0.2, 0.25) is 12.2 Å². The van der Waals surface area contributed by atoms with E-state index in [9.17, 15) is 34.2 Å². The number of fused-ring (bicyclic) bond motifs is 5. The van der Waals surface area contributed by atoms with Gasteiger partial charge in [-0.2, -0.15) is 24.2 Å². The summed E-state index contributed by atoms with van der Waals surface area (Å²) in [6.07, 6.45) is 13.5. The number of pyridine rings is 5. The number of hydrogen-bond acceptors (Lipinski definition) is 21. The first-order valence-electron chi connectivity index (χ1n) is 24.6. The van der Waals surface area contributed by atoms with Crippen LogP contribution in [0.2, 0.25) is 0 Å². The highest BCUT2D eigenvalue weighted by atomic mass is 79.9. The number of carbonyl (C=O) groups is 5. The molecular weight excluding hydrogens is 1200 g/mol. The van der Waals surface area contributed by atoms with Crippen molar-refractivity contribution in [1.29, 1.82) is 15.8 Å². The molecule has 5 N–H and O–H groups in total. The monoisotopic (exact) mass is 1250 g/mol. The molecule has 0 saturated carbocycles. The van der Waals surface area contributed by atoms with Crippen LogP contribution in [-0.4, -0.2) is 136 Å². The first kappa shape index (κ1) is 65.7. The minimum absolute atomic E-state index is 0.127. The lowest BCUT2D eigenvalue weighted by atomic mass is 10.2. The number of alkyl halides is 1. The van der Waals surface area contributed by atoms with Crippen molar-refractivity contribution in [1.82, 2.24) is 52.2 Å². The Morgan fingerprint density at radius 3 is 1.59 bits per heavy atom. The quantitative estimate of drug-likeness (QED) is 0.0291. The van der Waals surface area contributed by atoms with Crippen molar-refractivity contribution < 1.29 is 70.7 Å². The molecule has 0 aliphatic carbocycles. The molecular formula is C54H51BrN14O15S.